The van der Waals surface area contributed by atoms with Crippen molar-refractivity contribution < 1.29 is 0 Å². The SMILES string of the molecule is CNC(c1ccc(Cl)cc1Br)c1cc(C)sc1C. The van der Waals surface area contributed by atoms with Crippen LogP contribution in [0, 0.1) is 13.8 Å². The van der Waals surface area contributed by atoms with Crippen LogP contribution in [0.15, 0.2) is 28.7 Å². The molecule has 0 bridgehead atoms. The number of hydrogen-bond donors (Lipinski definition) is 1. The fourth-order valence-corrected chi connectivity index (χ4v) is 4.03. The fourth-order valence-electron chi connectivity index (χ4n) is 2.15. The van der Waals surface area contributed by atoms with Crippen molar-refractivity contribution in [3.63, 3.8) is 0 Å². The molecule has 0 spiro atoms. The molecule has 2 aromatic rings. The molecule has 18 heavy (non-hydrogen) atoms. The van der Waals surface area contributed by atoms with Crippen molar-refractivity contribution in [2.24, 2.45) is 0 Å². The minimum Gasteiger partial charge on any atom is -0.309 e. The van der Waals surface area contributed by atoms with Crippen LogP contribution in [0.3, 0.4) is 0 Å². The Labute approximate surface area is 125 Å². The van der Waals surface area contributed by atoms with Crippen molar-refractivity contribution in [3.8, 4) is 0 Å². The van der Waals surface area contributed by atoms with Crippen LogP contribution in [-0.4, -0.2) is 7.05 Å². The minimum absolute atomic E-state index is 0.196. The molecule has 1 aromatic heterocycles. The molecular formula is C14H15BrClNS. The first kappa shape index (κ1) is 14.1. The van der Waals surface area contributed by atoms with Crippen LogP contribution in [0.4, 0.5) is 0 Å². The van der Waals surface area contributed by atoms with E-state index in [0.29, 0.717) is 0 Å². The Morgan fingerprint density at radius 3 is 2.44 bits per heavy atom. The second-order valence-corrected chi connectivity index (χ2v) is 7.01. The lowest BCUT2D eigenvalue weighted by molar-refractivity contribution is 0.688. The van der Waals surface area contributed by atoms with E-state index in [4.69, 9.17) is 11.6 Å². The second kappa shape index (κ2) is 5.74. The summed E-state index contributed by atoms with van der Waals surface area (Å²) < 4.78 is 1.04. The predicted octanol–water partition coefficient (Wildman–Crippen LogP) is 5.09. The zero-order chi connectivity index (χ0) is 13.3. The third-order valence-electron chi connectivity index (χ3n) is 2.95. The standard InChI is InChI=1S/C14H15BrClNS/c1-8-6-12(9(2)18-8)14(17-3)11-5-4-10(16)7-13(11)15/h4-7,14,17H,1-3H3. The van der Waals surface area contributed by atoms with Gasteiger partial charge < -0.3 is 5.32 Å². The summed E-state index contributed by atoms with van der Waals surface area (Å²) in [5.41, 5.74) is 2.55. The van der Waals surface area contributed by atoms with Gasteiger partial charge in [0.25, 0.3) is 0 Å². The molecule has 0 aliphatic carbocycles. The van der Waals surface area contributed by atoms with Crippen LogP contribution in [0.25, 0.3) is 0 Å². The maximum atomic E-state index is 6.00. The largest absolute Gasteiger partial charge is 0.309 e. The molecule has 1 heterocycles. The lowest BCUT2D eigenvalue weighted by Gasteiger charge is -2.18. The summed E-state index contributed by atoms with van der Waals surface area (Å²) in [6, 6.07) is 8.39. The third-order valence-corrected chi connectivity index (χ3v) is 4.86. The average Bonchev–Trinajstić information content (AvgIpc) is 2.62. The Morgan fingerprint density at radius 2 is 1.94 bits per heavy atom. The molecule has 0 amide bonds. The topological polar surface area (TPSA) is 12.0 Å². The van der Waals surface area contributed by atoms with Crippen molar-refractivity contribution in [1.29, 1.82) is 0 Å². The molecule has 0 aliphatic rings. The molecule has 0 fully saturated rings. The highest BCUT2D eigenvalue weighted by molar-refractivity contribution is 9.10. The van der Waals surface area contributed by atoms with Crippen molar-refractivity contribution >= 4 is 38.9 Å². The Balaban J connectivity index is 2.48. The Bertz CT molecular complexity index is 565. The summed E-state index contributed by atoms with van der Waals surface area (Å²) in [6.07, 6.45) is 0. The molecule has 1 nitrogen and oxygen atoms in total. The molecule has 2 rings (SSSR count). The number of thiophene rings is 1. The van der Waals surface area contributed by atoms with Crippen molar-refractivity contribution in [1.82, 2.24) is 5.32 Å². The number of hydrogen-bond acceptors (Lipinski definition) is 2. The third kappa shape index (κ3) is 2.80. The van der Waals surface area contributed by atoms with E-state index in [2.05, 4.69) is 47.2 Å². The Hall–Kier alpha value is -0.350. The number of aryl methyl sites for hydroxylation is 2. The molecule has 0 aliphatic heterocycles. The number of halogens is 2. The van der Waals surface area contributed by atoms with Gasteiger partial charge in [0.2, 0.25) is 0 Å². The molecule has 1 atom stereocenters. The van der Waals surface area contributed by atoms with Crippen LogP contribution in [-0.2, 0) is 0 Å². The van der Waals surface area contributed by atoms with Crippen LogP contribution in [0.5, 0.6) is 0 Å². The molecule has 1 unspecified atom stereocenters. The molecular weight excluding hydrogens is 330 g/mol. The van der Waals surface area contributed by atoms with Gasteiger partial charge in [-0.2, -0.15) is 0 Å². The molecule has 96 valence electrons. The van der Waals surface area contributed by atoms with Crippen LogP contribution in [0.2, 0.25) is 5.02 Å². The van der Waals surface area contributed by atoms with Gasteiger partial charge in [-0.15, -0.1) is 11.3 Å². The smallest absolute Gasteiger partial charge is 0.0596 e. The van der Waals surface area contributed by atoms with Crippen LogP contribution >= 0.6 is 38.9 Å². The number of benzene rings is 1. The molecule has 1 N–H and O–H groups in total. The number of rotatable bonds is 3. The van der Waals surface area contributed by atoms with Crippen molar-refractivity contribution in [3.05, 3.63) is 54.6 Å². The van der Waals surface area contributed by atoms with Crippen LogP contribution < -0.4 is 5.32 Å². The maximum Gasteiger partial charge on any atom is 0.0596 e. The first-order valence-corrected chi connectivity index (χ1v) is 7.71. The van der Waals surface area contributed by atoms with E-state index in [-0.39, 0.29) is 6.04 Å². The highest BCUT2D eigenvalue weighted by Crippen LogP contribution is 2.34. The van der Waals surface area contributed by atoms with E-state index in [1.807, 2.05) is 30.5 Å². The van der Waals surface area contributed by atoms with Crippen molar-refractivity contribution in [2.45, 2.75) is 19.9 Å². The molecule has 0 saturated heterocycles. The van der Waals surface area contributed by atoms with Gasteiger partial charge in [0.1, 0.15) is 0 Å². The van der Waals surface area contributed by atoms with E-state index in [0.717, 1.165) is 9.50 Å². The van der Waals surface area contributed by atoms with E-state index in [1.165, 1.54) is 20.9 Å². The molecule has 4 heteroatoms. The van der Waals surface area contributed by atoms with Gasteiger partial charge in [0.05, 0.1) is 6.04 Å². The number of nitrogens with one attached hydrogen (secondary N) is 1. The summed E-state index contributed by atoms with van der Waals surface area (Å²) in [5, 5.41) is 4.13. The summed E-state index contributed by atoms with van der Waals surface area (Å²) in [5.74, 6) is 0. The lowest BCUT2D eigenvalue weighted by atomic mass is 9.99. The van der Waals surface area contributed by atoms with E-state index in [1.54, 1.807) is 0 Å². The van der Waals surface area contributed by atoms with Gasteiger partial charge in [-0.1, -0.05) is 33.6 Å². The van der Waals surface area contributed by atoms with Crippen molar-refractivity contribution in [2.75, 3.05) is 7.05 Å². The highest BCUT2D eigenvalue weighted by atomic mass is 79.9. The second-order valence-electron chi connectivity index (χ2n) is 4.26. The first-order valence-electron chi connectivity index (χ1n) is 5.72. The summed E-state index contributed by atoms with van der Waals surface area (Å²) in [7, 11) is 1.98. The van der Waals surface area contributed by atoms with E-state index >= 15 is 0 Å². The molecule has 0 saturated carbocycles. The van der Waals surface area contributed by atoms with E-state index < -0.39 is 0 Å². The minimum atomic E-state index is 0.196. The summed E-state index contributed by atoms with van der Waals surface area (Å²) in [4.78, 5) is 2.70. The Morgan fingerprint density at radius 1 is 1.22 bits per heavy atom. The highest BCUT2D eigenvalue weighted by Gasteiger charge is 2.18. The van der Waals surface area contributed by atoms with Crippen LogP contribution in [0.1, 0.15) is 26.9 Å². The van der Waals surface area contributed by atoms with Gasteiger partial charge >= 0.3 is 0 Å². The van der Waals surface area contributed by atoms with E-state index in [9.17, 15) is 0 Å². The van der Waals surface area contributed by atoms with Gasteiger partial charge in [0.15, 0.2) is 0 Å². The predicted molar refractivity (Wildman–Crippen MR) is 83.8 cm³/mol. The van der Waals surface area contributed by atoms with Gasteiger partial charge in [0, 0.05) is 19.2 Å². The monoisotopic (exact) mass is 343 g/mol. The van der Waals surface area contributed by atoms with Gasteiger partial charge in [-0.25, -0.2) is 0 Å². The van der Waals surface area contributed by atoms with Gasteiger partial charge in [-0.05, 0) is 50.2 Å². The zero-order valence-corrected chi connectivity index (χ0v) is 13.7. The fraction of sp³-hybridized carbons (Fsp3) is 0.286. The molecule has 0 radical (unpaired) electrons. The average molecular weight is 345 g/mol. The normalized spacial score (nSPS) is 12.7. The summed E-state index contributed by atoms with van der Waals surface area (Å²) >= 11 is 11.4. The maximum absolute atomic E-state index is 6.00. The lowest BCUT2D eigenvalue weighted by Crippen LogP contribution is -2.18. The Kier molecular flexibility index (Phi) is 4.49. The zero-order valence-electron chi connectivity index (χ0n) is 10.6. The first-order chi connectivity index (χ1) is 8.52. The quantitative estimate of drug-likeness (QED) is 0.818. The van der Waals surface area contributed by atoms with Gasteiger partial charge in [-0.3, -0.25) is 0 Å². The molecule has 1 aromatic carbocycles. The summed E-state index contributed by atoms with van der Waals surface area (Å²) in [6.45, 7) is 4.31.